The summed E-state index contributed by atoms with van der Waals surface area (Å²) in [4.78, 5) is 25.2. The molecule has 0 aromatic heterocycles. The molecule has 0 N–H and O–H groups in total. The second kappa shape index (κ2) is 50.4. The first kappa shape index (κ1) is 57.1. The number of unbranched alkanes of at least 4 members (excludes halogenated alkanes) is 20. The minimum absolute atomic E-state index is 0.0656. The van der Waals surface area contributed by atoms with Crippen molar-refractivity contribution in [2.24, 2.45) is 0 Å². The van der Waals surface area contributed by atoms with Gasteiger partial charge in [-0.3, -0.25) is 9.59 Å². The maximum absolute atomic E-state index is 12.7. The van der Waals surface area contributed by atoms with Crippen LogP contribution in [0.25, 0.3) is 0 Å². The van der Waals surface area contributed by atoms with E-state index < -0.39 is 6.10 Å². The summed E-state index contributed by atoms with van der Waals surface area (Å²) in [6, 6.07) is 0. The molecule has 60 heavy (non-hydrogen) atoms. The van der Waals surface area contributed by atoms with Crippen LogP contribution in [0, 0.1) is 0 Å². The molecule has 1 unspecified atom stereocenters. The molecule has 0 aliphatic heterocycles. The number of carbonyl (C=O) groups is 2. The molecule has 0 aromatic carbocycles. The Hall–Kier alpha value is -2.92. The van der Waals surface area contributed by atoms with E-state index in [1.54, 1.807) is 0 Å². The van der Waals surface area contributed by atoms with Crippen LogP contribution in [-0.2, 0) is 23.8 Å². The molecule has 0 aliphatic rings. The lowest BCUT2D eigenvalue weighted by atomic mass is 10.1. The van der Waals surface area contributed by atoms with Gasteiger partial charge in [0.15, 0.2) is 6.10 Å². The summed E-state index contributed by atoms with van der Waals surface area (Å²) < 4.78 is 17.3. The highest BCUT2D eigenvalue weighted by atomic mass is 16.6. The highest BCUT2D eigenvalue weighted by Gasteiger charge is 2.17. The van der Waals surface area contributed by atoms with Gasteiger partial charge in [-0.1, -0.05) is 202 Å². The maximum Gasteiger partial charge on any atom is 0.306 e. The quantitative estimate of drug-likeness (QED) is 0.0347. The molecule has 0 spiro atoms. The van der Waals surface area contributed by atoms with E-state index in [4.69, 9.17) is 14.2 Å². The van der Waals surface area contributed by atoms with Crippen molar-refractivity contribution in [2.45, 2.75) is 232 Å². The summed E-state index contributed by atoms with van der Waals surface area (Å²) in [6.45, 7) is 7.60. The molecule has 0 saturated heterocycles. The molecule has 0 rings (SSSR count). The van der Waals surface area contributed by atoms with Crippen LogP contribution in [-0.4, -0.2) is 37.9 Å². The summed E-state index contributed by atoms with van der Waals surface area (Å²) in [5.41, 5.74) is 0. The van der Waals surface area contributed by atoms with Crippen LogP contribution >= 0.6 is 0 Å². The summed E-state index contributed by atoms with van der Waals surface area (Å²) in [5.74, 6) is -0.438. The molecule has 0 heterocycles. The number of hydrogen-bond acceptors (Lipinski definition) is 5. The number of rotatable bonds is 45. The highest BCUT2D eigenvalue weighted by molar-refractivity contribution is 5.70. The largest absolute Gasteiger partial charge is 0.462 e. The van der Waals surface area contributed by atoms with Crippen LogP contribution in [0.3, 0.4) is 0 Å². The Kier molecular flexibility index (Phi) is 48.0. The molecule has 344 valence electrons. The van der Waals surface area contributed by atoms with Crippen LogP contribution in [0.2, 0.25) is 0 Å². The predicted octanol–water partition coefficient (Wildman–Crippen LogP) is 16.9. The van der Waals surface area contributed by atoms with E-state index in [0.717, 1.165) is 103 Å². The van der Waals surface area contributed by atoms with Gasteiger partial charge in [0.25, 0.3) is 0 Å². The monoisotopic (exact) mass is 835 g/mol. The van der Waals surface area contributed by atoms with Crippen molar-refractivity contribution >= 4 is 11.9 Å². The van der Waals surface area contributed by atoms with E-state index in [-0.39, 0.29) is 25.2 Å². The van der Waals surface area contributed by atoms with Gasteiger partial charge in [0.05, 0.1) is 6.61 Å². The molecule has 1 atom stereocenters. The molecule has 5 heteroatoms. The predicted molar refractivity (Wildman–Crippen MR) is 260 cm³/mol. The van der Waals surface area contributed by atoms with Crippen LogP contribution < -0.4 is 0 Å². The lowest BCUT2D eigenvalue weighted by Crippen LogP contribution is -2.30. The van der Waals surface area contributed by atoms with Crippen LogP contribution in [0.1, 0.15) is 226 Å². The minimum Gasteiger partial charge on any atom is -0.462 e. The molecule has 5 nitrogen and oxygen atoms in total. The fourth-order valence-corrected chi connectivity index (χ4v) is 6.68. The molecule has 0 fully saturated rings. The Morgan fingerprint density at radius 3 is 1.23 bits per heavy atom. The third kappa shape index (κ3) is 47.8. The van der Waals surface area contributed by atoms with Crippen molar-refractivity contribution in [1.82, 2.24) is 0 Å². The first-order valence-electron chi connectivity index (χ1n) is 25.1. The van der Waals surface area contributed by atoms with E-state index in [1.807, 2.05) is 0 Å². The minimum atomic E-state index is -0.551. The van der Waals surface area contributed by atoms with Crippen LogP contribution in [0.4, 0.5) is 0 Å². The number of ether oxygens (including phenoxy) is 3. The lowest BCUT2D eigenvalue weighted by Gasteiger charge is -2.18. The van der Waals surface area contributed by atoms with Crippen molar-refractivity contribution in [2.75, 3.05) is 19.8 Å². The summed E-state index contributed by atoms with van der Waals surface area (Å²) in [7, 11) is 0. The van der Waals surface area contributed by atoms with Crippen LogP contribution in [0.5, 0.6) is 0 Å². The number of esters is 2. The van der Waals surface area contributed by atoms with Crippen molar-refractivity contribution in [1.29, 1.82) is 0 Å². The van der Waals surface area contributed by atoms with Crippen molar-refractivity contribution in [3.63, 3.8) is 0 Å². The average Bonchev–Trinajstić information content (AvgIpc) is 3.25. The maximum atomic E-state index is 12.7. The van der Waals surface area contributed by atoms with Crippen molar-refractivity contribution in [3.8, 4) is 0 Å². The third-order valence-corrected chi connectivity index (χ3v) is 10.4. The van der Waals surface area contributed by atoms with E-state index in [1.165, 1.54) is 89.9 Å². The van der Waals surface area contributed by atoms with E-state index in [9.17, 15) is 9.59 Å². The highest BCUT2D eigenvalue weighted by Crippen LogP contribution is 2.13. The fourth-order valence-electron chi connectivity index (χ4n) is 6.68. The first-order chi connectivity index (χ1) is 29.6. The first-order valence-corrected chi connectivity index (χ1v) is 25.1. The summed E-state index contributed by atoms with van der Waals surface area (Å²) >= 11 is 0. The zero-order valence-corrected chi connectivity index (χ0v) is 39.5. The van der Waals surface area contributed by atoms with Crippen molar-refractivity contribution < 1.29 is 23.8 Å². The second-order valence-corrected chi connectivity index (χ2v) is 16.3. The van der Waals surface area contributed by atoms with Crippen LogP contribution in [0.15, 0.2) is 85.1 Å². The summed E-state index contributed by atoms with van der Waals surface area (Å²) in [6.07, 6.45) is 66.0. The van der Waals surface area contributed by atoms with Gasteiger partial charge in [0, 0.05) is 19.4 Å². The standard InChI is InChI=1S/C55H94O5/c1-4-7-10-13-16-18-20-22-24-26-27-28-30-32-34-36-38-41-44-47-50-58-51-53(60-55(57)49-46-43-39-15-12-9-6-3)52-59-54(56)48-45-42-40-37-35-33-31-29-25-23-21-19-17-14-11-8-5-2/h8,11,16-19,22-25,27-28,31,33,53H,4-7,9-10,12-15,20-21,26,29-30,32,34-52H2,1-3H3/b11-8-,18-16-,19-17-,24-22-,25-23-,28-27-,33-31-. The summed E-state index contributed by atoms with van der Waals surface area (Å²) in [5, 5.41) is 0. The Morgan fingerprint density at radius 1 is 0.383 bits per heavy atom. The number of carbonyl (C=O) groups excluding carboxylic acids is 2. The normalized spacial score (nSPS) is 12.9. The molecule has 0 radical (unpaired) electrons. The lowest BCUT2D eigenvalue weighted by molar-refractivity contribution is -0.163. The molecular formula is C55H94O5. The molecule has 0 saturated carbocycles. The van der Waals surface area contributed by atoms with Gasteiger partial charge in [-0.2, -0.15) is 0 Å². The topological polar surface area (TPSA) is 61.8 Å². The van der Waals surface area contributed by atoms with Gasteiger partial charge in [-0.05, 0) is 96.3 Å². The Morgan fingerprint density at radius 2 is 0.750 bits per heavy atom. The van der Waals surface area contributed by atoms with Crippen molar-refractivity contribution in [3.05, 3.63) is 85.1 Å². The average molecular weight is 835 g/mol. The van der Waals surface area contributed by atoms with Gasteiger partial charge in [-0.15, -0.1) is 0 Å². The Labute approximate surface area is 371 Å². The van der Waals surface area contributed by atoms with E-state index >= 15 is 0 Å². The second-order valence-electron chi connectivity index (χ2n) is 16.3. The van der Waals surface area contributed by atoms with Gasteiger partial charge >= 0.3 is 11.9 Å². The molecule has 0 amide bonds. The van der Waals surface area contributed by atoms with Gasteiger partial charge in [0.2, 0.25) is 0 Å². The van der Waals surface area contributed by atoms with Gasteiger partial charge in [0.1, 0.15) is 6.61 Å². The smallest absolute Gasteiger partial charge is 0.306 e. The van der Waals surface area contributed by atoms with Gasteiger partial charge in [-0.25, -0.2) is 0 Å². The Balaban J connectivity index is 4.19. The molecule has 0 aliphatic carbocycles. The zero-order chi connectivity index (χ0) is 43.5. The molecular weight excluding hydrogens is 741 g/mol. The molecule has 0 aromatic rings. The van der Waals surface area contributed by atoms with Gasteiger partial charge < -0.3 is 14.2 Å². The van der Waals surface area contributed by atoms with E-state index in [0.29, 0.717) is 19.4 Å². The number of hydrogen-bond donors (Lipinski definition) is 0. The SMILES string of the molecule is CC/C=C\C/C=C\C/C=C\C/C=C\CCCCCCC(=O)OCC(COCCCCCCCCC/C=C\C/C=C\C/C=C\CCCCC)OC(=O)CCCCCCCCC. The van der Waals surface area contributed by atoms with E-state index in [2.05, 4.69) is 106 Å². The fraction of sp³-hybridized carbons (Fsp3) is 0.709. The Bertz CT molecular complexity index is 1130. The zero-order valence-electron chi connectivity index (χ0n) is 39.5. The number of allylic oxidation sites excluding steroid dienone is 14. The third-order valence-electron chi connectivity index (χ3n) is 10.4. The molecule has 0 bridgehead atoms.